The van der Waals surface area contributed by atoms with E-state index in [1.165, 1.54) is 42.4 Å². The number of aryl methyl sites for hydroxylation is 1. The Morgan fingerprint density at radius 1 is 1.22 bits per heavy atom. The molecule has 100 valence electrons. The highest BCUT2D eigenvalue weighted by Crippen LogP contribution is 2.38. The van der Waals surface area contributed by atoms with E-state index < -0.39 is 0 Å². The Balaban J connectivity index is 0.000000771. The molecule has 0 atom stereocenters. The molecular weight excluding hydrogens is 218 g/mol. The van der Waals surface area contributed by atoms with Gasteiger partial charge in [-0.15, -0.1) is 0 Å². The van der Waals surface area contributed by atoms with Gasteiger partial charge in [-0.2, -0.15) is 0 Å². The Kier molecular flexibility index (Phi) is 5.97. The molecule has 18 heavy (non-hydrogen) atoms. The molecule has 0 heterocycles. The van der Waals surface area contributed by atoms with Crippen molar-refractivity contribution in [3.05, 3.63) is 35.4 Å². The minimum atomic E-state index is 0.755. The van der Waals surface area contributed by atoms with Crippen LogP contribution in [0.4, 0.5) is 5.69 Å². The second-order valence-electron chi connectivity index (χ2n) is 4.80. The molecule has 1 aromatic carbocycles. The zero-order valence-electron chi connectivity index (χ0n) is 12.3. The number of hydrogen-bond acceptors (Lipinski definition) is 1. The molecule has 1 heteroatoms. The SMILES string of the molecule is C/C=C(\c1cc(N)ccc1C)C1CCCC1.CC. The highest BCUT2D eigenvalue weighted by Gasteiger charge is 2.20. The summed E-state index contributed by atoms with van der Waals surface area (Å²) >= 11 is 0. The molecule has 0 spiro atoms. The molecule has 0 saturated heterocycles. The molecule has 0 aromatic heterocycles. The van der Waals surface area contributed by atoms with Gasteiger partial charge in [-0.3, -0.25) is 0 Å². The van der Waals surface area contributed by atoms with Crippen molar-refractivity contribution >= 4 is 11.3 Å². The lowest BCUT2D eigenvalue weighted by Crippen LogP contribution is -2.01. The first-order chi connectivity index (χ1) is 8.72. The van der Waals surface area contributed by atoms with Crippen LogP contribution in [0.1, 0.15) is 57.6 Å². The van der Waals surface area contributed by atoms with E-state index >= 15 is 0 Å². The zero-order valence-corrected chi connectivity index (χ0v) is 12.3. The van der Waals surface area contributed by atoms with Crippen LogP contribution < -0.4 is 5.73 Å². The lowest BCUT2D eigenvalue weighted by Gasteiger charge is -2.17. The van der Waals surface area contributed by atoms with Crippen LogP contribution in [-0.2, 0) is 0 Å². The third kappa shape index (κ3) is 3.38. The summed E-state index contributed by atoms with van der Waals surface area (Å²) in [5.41, 5.74) is 11.0. The Bertz CT molecular complexity index is 398. The first-order valence-corrected chi connectivity index (χ1v) is 7.25. The fraction of sp³-hybridized carbons (Fsp3) is 0.529. The van der Waals surface area contributed by atoms with Gasteiger partial charge in [0.05, 0.1) is 0 Å². The largest absolute Gasteiger partial charge is 0.399 e. The quantitative estimate of drug-likeness (QED) is 0.712. The molecule has 1 aliphatic rings. The standard InChI is InChI=1S/C15H21N.C2H6/c1-3-14(12-6-4-5-7-12)15-10-13(16)9-8-11(15)2;1-2/h3,8-10,12H,4-7,16H2,1-2H3;1-2H3/b14-3-;. The van der Waals surface area contributed by atoms with E-state index in [2.05, 4.69) is 32.1 Å². The van der Waals surface area contributed by atoms with Gasteiger partial charge in [0.2, 0.25) is 0 Å². The fourth-order valence-corrected chi connectivity index (χ4v) is 2.80. The summed E-state index contributed by atoms with van der Waals surface area (Å²) < 4.78 is 0. The molecule has 0 amide bonds. The molecule has 1 nitrogen and oxygen atoms in total. The van der Waals surface area contributed by atoms with E-state index in [1.54, 1.807) is 0 Å². The van der Waals surface area contributed by atoms with Crippen LogP contribution in [0.25, 0.3) is 5.57 Å². The number of rotatable bonds is 2. The van der Waals surface area contributed by atoms with Gasteiger partial charge >= 0.3 is 0 Å². The predicted octanol–water partition coefficient (Wildman–Crippen LogP) is 5.20. The average Bonchev–Trinajstić information content (AvgIpc) is 2.91. The van der Waals surface area contributed by atoms with Crippen LogP contribution in [0.15, 0.2) is 24.3 Å². The summed E-state index contributed by atoms with van der Waals surface area (Å²) in [5, 5.41) is 0. The van der Waals surface area contributed by atoms with Crippen molar-refractivity contribution in [2.24, 2.45) is 5.92 Å². The van der Waals surface area contributed by atoms with Crippen molar-refractivity contribution in [2.75, 3.05) is 5.73 Å². The number of benzene rings is 1. The zero-order chi connectivity index (χ0) is 13.5. The van der Waals surface area contributed by atoms with Crippen molar-refractivity contribution in [2.45, 2.75) is 53.4 Å². The van der Waals surface area contributed by atoms with E-state index in [0.29, 0.717) is 0 Å². The topological polar surface area (TPSA) is 26.0 Å². The van der Waals surface area contributed by atoms with Gasteiger partial charge in [-0.1, -0.05) is 38.8 Å². The summed E-state index contributed by atoms with van der Waals surface area (Å²) in [6.45, 7) is 8.32. The number of nitrogen functional groups attached to an aromatic ring is 1. The minimum absolute atomic E-state index is 0.755. The molecule has 0 unspecified atom stereocenters. The number of nitrogens with two attached hydrogens (primary N) is 1. The van der Waals surface area contributed by atoms with E-state index in [-0.39, 0.29) is 0 Å². The predicted molar refractivity (Wildman–Crippen MR) is 82.5 cm³/mol. The van der Waals surface area contributed by atoms with Crippen molar-refractivity contribution in [1.82, 2.24) is 0 Å². The molecule has 0 bridgehead atoms. The summed E-state index contributed by atoms with van der Waals surface area (Å²) in [6.07, 6.45) is 7.71. The Labute approximate surface area is 112 Å². The summed E-state index contributed by atoms with van der Waals surface area (Å²) in [5.74, 6) is 0.755. The highest BCUT2D eigenvalue weighted by atomic mass is 14.5. The average molecular weight is 245 g/mol. The van der Waals surface area contributed by atoms with Gasteiger partial charge in [0.15, 0.2) is 0 Å². The molecule has 1 fully saturated rings. The van der Waals surface area contributed by atoms with E-state index in [0.717, 1.165) is 11.6 Å². The number of anilines is 1. The van der Waals surface area contributed by atoms with Gasteiger partial charge in [0, 0.05) is 5.69 Å². The van der Waals surface area contributed by atoms with Crippen LogP contribution in [0.3, 0.4) is 0 Å². The Morgan fingerprint density at radius 2 is 1.83 bits per heavy atom. The van der Waals surface area contributed by atoms with Crippen LogP contribution >= 0.6 is 0 Å². The van der Waals surface area contributed by atoms with Crippen molar-refractivity contribution in [3.8, 4) is 0 Å². The van der Waals surface area contributed by atoms with Crippen LogP contribution in [0, 0.1) is 12.8 Å². The third-order valence-corrected chi connectivity index (χ3v) is 3.68. The Hall–Kier alpha value is -1.24. The highest BCUT2D eigenvalue weighted by molar-refractivity contribution is 5.72. The molecule has 1 saturated carbocycles. The monoisotopic (exact) mass is 245 g/mol. The van der Waals surface area contributed by atoms with Crippen molar-refractivity contribution in [1.29, 1.82) is 0 Å². The minimum Gasteiger partial charge on any atom is -0.399 e. The third-order valence-electron chi connectivity index (χ3n) is 3.68. The summed E-state index contributed by atoms with van der Waals surface area (Å²) in [6, 6.07) is 6.24. The van der Waals surface area contributed by atoms with Crippen LogP contribution in [0.5, 0.6) is 0 Å². The van der Waals surface area contributed by atoms with Gasteiger partial charge < -0.3 is 5.73 Å². The van der Waals surface area contributed by atoms with Crippen molar-refractivity contribution in [3.63, 3.8) is 0 Å². The molecular formula is C17H27N. The number of allylic oxidation sites excluding steroid dienone is 2. The summed E-state index contributed by atoms with van der Waals surface area (Å²) in [7, 11) is 0. The van der Waals surface area contributed by atoms with Gasteiger partial charge in [0.25, 0.3) is 0 Å². The van der Waals surface area contributed by atoms with Crippen LogP contribution in [0.2, 0.25) is 0 Å². The normalized spacial score (nSPS) is 16.3. The molecule has 1 aromatic rings. The first kappa shape index (κ1) is 14.8. The lowest BCUT2D eigenvalue weighted by molar-refractivity contribution is 0.705. The van der Waals surface area contributed by atoms with Crippen molar-refractivity contribution < 1.29 is 0 Å². The smallest absolute Gasteiger partial charge is 0.0320 e. The van der Waals surface area contributed by atoms with Gasteiger partial charge in [-0.25, -0.2) is 0 Å². The first-order valence-electron chi connectivity index (χ1n) is 7.25. The molecule has 2 rings (SSSR count). The summed E-state index contributed by atoms with van der Waals surface area (Å²) in [4.78, 5) is 0. The maximum absolute atomic E-state index is 5.89. The maximum atomic E-state index is 5.89. The molecule has 0 aliphatic heterocycles. The van der Waals surface area contributed by atoms with Gasteiger partial charge in [-0.05, 0) is 61.4 Å². The lowest BCUT2D eigenvalue weighted by atomic mass is 9.88. The maximum Gasteiger partial charge on any atom is 0.0320 e. The van der Waals surface area contributed by atoms with E-state index in [9.17, 15) is 0 Å². The molecule has 1 aliphatic carbocycles. The van der Waals surface area contributed by atoms with Crippen LogP contribution in [-0.4, -0.2) is 0 Å². The second kappa shape index (κ2) is 7.25. The Morgan fingerprint density at radius 3 is 2.39 bits per heavy atom. The van der Waals surface area contributed by atoms with Gasteiger partial charge in [0.1, 0.15) is 0 Å². The second-order valence-corrected chi connectivity index (χ2v) is 4.80. The fourth-order valence-electron chi connectivity index (χ4n) is 2.80. The van der Waals surface area contributed by atoms with E-state index in [1.807, 2.05) is 19.9 Å². The number of hydrogen-bond donors (Lipinski definition) is 1. The molecule has 2 N–H and O–H groups in total. The van der Waals surface area contributed by atoms with E-state index in [4.69, 9.17) is 5.73 Å². The molecule has 0 radical (unpaired) electrons.